The van der Waals surface area contributed by atoms with E-state index < -0.39 is 0 Å². The average molecular weight is 305 g/mol. The van der Waals surface area contributed by atoms with Crippen LogP contribution in [0, 0.1) is 0 Å². The van der Waals surface area contributed by atoms with Crippen LogP contribution in [0.1, 0.15) is 23.2 Å². The molecule has 1 aromatic heterocycles. The molecule has 1 amide bonds. The maximum atomic E-state index is 12.6. The van der Waals surface area contributed by atoms with Gasteiger partial charge in [-0.1, -0.05) is 23.7 Å². The number of likely N-dealkylation sites (tertiary alicyclic amines) is 1. The summed E-state index contributed by atoms with van der Waals surface area (Å²) in [4.78, 5) is 14.5. The Morgan fingerprint density at radius 3 is 2.86 bits per heavy atom. The van der Waals surface area contributed by atoms with Gasteiger partial charge in [0.15, 0.2) is 0 Å². The number of amides is 1. The van der Waals surface area contributed by atoms with Crippen LogP contribution in [-0.4, -0.2) is 40.1 Å². The molecule has 110 valence electrons. The summed E-state index contributed by atoms with van der Waals surface area (Å²) in [5.74, 6) is -0.00868. The number of H-pyrrole nitrogens is 1. The van der Waals surface area contributed by atoms with Crippen molar-refractivity contribution in [2.75, 3.05) is 13.1 Å². The number of halogens is 1. The van der Waals surface area contributed by atoms with Gasteiger partial charge in [0, 0.05) is 29.7 Å². The average Bonchev–Trinajstić information content (AvgIpc) is 2.97. The van der Waals surface area contributed by atoms with Gasteiger partial charge >= 0.3 is 0 Å². The third-order valence-electron chi connectivity index (χ3n) is 3.81. The van der Waals surface area contributed by atoms with Crippen LogP contribution >= 0.6 is 11.6 Å². The molecule has 0 radical (unpaired) electrons. The van der Waals surface area contributed by atoms with Gasteiger partial charge in [-0.15, -0.1) is 0 Å². The number of hydrogen-bond donors (Lipinski definition) is 2. The molecule has 1 saturated heterocycles. The van der Waals surface area contributed by atoms with E-state index in [-0.39, 0.29) is 11.9 Å². The smallest absolute Gasteiger partial charge is 0.257 e. The number of aromatic nitrogens is 2. The molecule has 3 N–H and O–H groups in total. The molecule has 0 aliphatic carbocycles. The van der Waals surface area contributed by atoms with Crippen LogP contribution in [0.25, 0.3) is 11.3 Å². The van der Waals surface area contributed by atoms with Crippen LogP contribution in [-0.2, 0) is 0 Å². The zero-order valence-electron chi connectivity index (χ0n) is 11.6. The highest BCUT2D eigenvalue weighted by Crippen LogP contribution is 2.25. The number of nitrogens with two attached hydrogens (primary N) is 1. The summed E-state index contributed by atoms with van der Waals surface area (Å²) in [7, 11) is 0. The summed E-state index contributed by atoms with van der Waals surface area (Å²) in [5.41, 5.74) is 8.02. The summed E-state index contributed by atoms with van der Waals surface area (Å²) in [6.07, 6.45) is 3.26. The zero-order chi connectivity index (χ0) is 14.8. The van der Waals surface area contributed by atoms with Crippen LogP contribution < -0.4 is 5.73 Å². The molecular weight excluding hydrogens is 288 g/mol. The van der Waals surface area contributed by atoms with Crippen LogP contribution in [0.3, 0.4) is 0 Å². The number of benzene rings is 1. The Balaban J connectivity index is 1.87. The number of nitrogens with one attached hydrogen (secondary N) is 1. The fraction of sp³-hybridized carbons (Fsp3) is 0.333. The van der Waals surface area contributed by atoms with Gasteiger partial charge in [0.25, 0.3) is 5.91 Å². The molecule has 1 aliphatic heterocycles. The van der Waals surface area contributed by atoms with E-state index in [0.717, 1.165) is 18.4 Å². The lowest BCUT2D eigenvalue weighted by Crippen LogP contribution is -2.42. The molecule has 1 aromatic carbocycles. The summed E-state index contributed by atoms with van der Waals surface area (Å²) >= 11 is 6.01. The quantitative estimate of drug-likeness (QED) is 0.894. The molecule has 5 nitrogen and oxygen atoms in total. The Morgan fingerprint density at radius 2 is 2.14 bits per heavy atom. The van der Waals surface area contributed by atoms with Crippen molar-refractivity contribution in [1.82, 2.24) is 15.1 Å². The Labute approximate surface area is 128 Å². The van der Waals surface area contributed by atoms with E-state index >= 15 is 0 Å². The predicted octanol–water partition coefficient (Wildman–Crippen LogP) is 2.29. The molecule has 0 saturated carbocycles. The fourth-order valence-electron chi connectivity index (χ4n) is 2.59. The van der Waals surface area contributed by atoms with Gasteiger partial charge in [0.2, 0.25) is 0 Å². The first-order chi connectivity index (χ1) is 10.1. The maximum Gasteiger partial charge on any atom is 0.257 e. The van der Waals surface area contributed by atoms with E-state index in [1.807, 2.05) is 23.1 Å². The number of carbonyl (C=O) groups excluding carboxylic acids is 1. The second-order valence-corrected chi connectivity index (χ2v) is 5.74. The molecule has 0 atom stereocenters. The van der Waals surface area contributed by atoms with E-state index in [2.05, 4.69) is 10.2 Å². The van der Waals surface area contributed by atoms with E-state index in [1.54, 1.807) is 12.3 Å². The molecule has 3 rings (SSSR count). The highest BCUT2D eigenvalue weighted by Gasteiger charge is 2.24. The lowest BCUT2D eigenvalue weighted by molar-refractivity contribution is 0.0715. The standard InChI is InChI=1S/C15H17ClN4O/c16-11-3-1-2-10(8-11)14-13(9-18-19-14)15(21)20-6-4-12(17)5-7-20/h1-3,8-9,12H,4-7,17H2,(H,18,19). The largest absolute Gasteiger partial charge is 0.338 e. The molecule has 0 spiro atoms. The second-order valence-electron chi connectivity index (χ2n) is 5.30. The van der Waals surface area contributed by atoms with Gasteiger partial charge in [-0.3, -0.25) is 9.89 Å². The summed E-state index contributed by atoms with van der Waals surface area (Å²) < 4.78 is 0. The zero-order valence-corrected chi connectivity index (χ0v) is 12.3. The number of rotatable bonds is 2. The predicted molar refractivity (Wildman–Crippen MR) is 82.1 cm³/mol. The van der Waals surface area contributed by atoms with Gasteiger partial charge in [-0.25, -0.2) is 0 Å². The first-order valence-electron chi connectivity index (χ1n) is 6.99. The molecule has 1 fully saturated rings. The van der Waals surface area contributed by atoms with Gasteiger partial charge in [0.1, 0.15) is 0 Å². The van der Waals surface area contributed by atoms with Crippen molar-refractivity contribution < 1.29 is 4.79 Å². The Hall–Kier alpha value is -1.85. The Bertz CT molecular complexity index is 647. The van der Waals surface area contributed by atoms with Crippen LogP contribution in [0.2, 0.25) is 5.02 Å². The van der Waals surface area contributed by atoms with Crippen LogP contribution in [0.15, 0.2) is 30.5 Å². The van der Waals surface area contributed by atoms with Crippen molar-refractivity contribution in [3.05, 3.63) is 41.0 Å². The van der Waals surface area contributed by atoms with Gasteiger partial charge < -0.3 is 10.6 Å². The number of carbonyl (C=O) groups is 1. The van der Waals surface area contributed by atoms with E-state index in [1.165, 1.54) is 0 Å². The number of nitrogens with zero attached hydrogens (tertiary/aromatic N) is 2. The minimum atomic E-state index is -0.00868. The third-order valence-corrected chi connectivity index (χ3v) is 4.04. The van der Waals surface area contributed by atoms with E-state index in [9.17, 15) is 4.79 Å². The number of hydrogen-bond acceptors (Lipinski definition) is 3. The molecule has 0 unspecified atom stereocenters. The van der Waals surface area contributed by atoms with Crippen molar-refractivity contribution in [2.24, 2.45) is 5.73 Å². The topological polar surface area (TPSA) is 75.0 Å². The summed E-state index contributed by atoms with van der Waals surface area (Å²) in [5, 5.41) is 7.55. The molecule has 1 aliphatic rings. The Morgan fingerprint density at radius 1 is 1.38 bits per heavy atom. The van der Waals surface area contributed by atoms with Crippen molar-refractivity contribution >= 4 is 17.5 Å². The van der Waals surface area contributed by atoms with Crippen molar-refractivity contribution in [1.29, 1.82) is 0 Å². The van der Waals surface area contributed by atoms with Crippen molar-refractivity contribution in [3.8, 4) is 11.3 Å². The first-order valence-corrected chi connectivity index (χ1v) is 7.37. The lowest BCUT2D eigenvalue weighted by Gasteiger charge is -2.30. The van der Waals surface area contributed by atoms with Crippen molar-refractivity contribution in [3.63, 3.8) is 0 Å². The second kappa shape index (κ2) is 5.87. The molecule has 0 bridgehead atoms. The van der Waals surface area contributed by atoms with E-state index in [4.69, 9.17) is 17.3 Å². The molecule has 21 heavy (non-hydrogen) atoms. The van der Waals surface area contributed by atoms with E-state index in [0.29, 0.717) is 29.4 Å². The third kappa shape index (κ3) is 2.94. The highest BCUT2D eigenvalue weighted by atomic mass is 35.5. The summed E-state index contributed by atoms with van der Waals surface area (Å²) in [6.45, 7) is 1.39. The lowest BCUT2D eigenvalue weighted by atomic mass is 10.0. The normalized spacial score (nSPS) is 16.2. The fourth-order valence-corrected chi connectivity index (χ4v) is 2.78. The highest BCUT2D eigenvalue weighted by molar-refractivity contribution is 6.30. The Kier molecular flexibility index (Phi) is 3.94. The van der Waals surface area contributed by atoms with Crippen LogP contribution in [0.4, 0.5) is 0 Å². The monoisotopic (exact) mass is 304 g/mol. The van der Waals surface area contributed by atoms with Gasteiger partial charge in [-0.05, 0) is 25.0 Å². The molecular formula is C15H17ClN4O. The minimum absolute atomic E-state index is 0.00868. The van der Waals surface area contributed by atoms with Crippen LogP contribution in [0.5, 0.6) is 0 Å². The minimum Gasteiger partial charge on any atom is -0.338 e. The van der Waals surface area contributed by atoms with Crippen molar-refractivity contribution in [2.45, 2.75) is 18.9 Å². The molecule has 2 aromatic rings. The maximum absolute atomic E-state index is 12.6. The molecule has 2 heterocycles. The first kappa shape index (κ1) is 14.1. The number of aromatic amines is 1. The summed E-state index contributed by atoms with van der Waals surface area (Å²) in [6, 6.07) is 7.58. The van der Waals surface area contributed by atoms with Gasteiger partial charge in [0.05, 0.1) is 17.5 Å². The SMILES string of the molecule is NC1CCN(C(=O)c2cn[nH]c2-c2cccc(Cl)c2)CC1. The molecule has 6 heteroatoms. The number of piperidine rings is 1. The van der Waals surface area contributed by atoms with Gasteiger partial charge in [-0.2, -0.15) is 5.10 Å².